The largest absolute Gasteiger partial charge is 0.411 e. The highest BCUT2D eigenvalue weighted by Crippen LogP contribution is 2.41. The molecule has 2 aliphatic heterocycles. The van der Waals surface area contributed by atoms with Crippen molar-refractivity contribution < 1.29 is 32.3 Å². The van der Waals surface area contributed by atoms with Crippen LogP contribution in [-0.4, -0.2) is 91.2 Å². The zero-order chi connectivity index (χ0) is 23.6. The molecule has 2 heterocycles. The zero-order valence-electron chi connectivity index (χ0n) is 18.2. The fourth-order valence-corrected chi connectivity index (χ4v) is 4.77. The second-order valence-electron chi connectivity index (χ2n) is 8.63. The van der Waals surface area contributed by atoms with Gasteiger partial charge in [-0.1, -0.05) is 24.3 Å². The lowest BCUT2D eigenvalue weighted by Crippen LogP contribution is -2.52. The molecule has 1 N–H and O–H groups in total. The number of aryl methyl sites for hydroxylation is 1. The van der Waals surface area contributed by atoms with Crippen LogP contribution in [0.15, 0.2) is 24.3 Å². The van der Waals surface area contributed by atoms with Gasteiger partial charge in [0.1, 0.15) is 18.7 Å². The fourth-order valence-electron chi connectivity index (χ4n) is 4.77. The first-order valence-electron chi connectivity index (χ1n) is 11.1. The number of imide groups is 1. The van der Waals surface area contributed by atoms with Gasteiger partial charge in [-0.3, -0.25) is 19.4 Å². The van der Waals surface area contributed by atoms with E-state index in [1.165, 1.54) is 0 Å². The summed E-state index contributed by atoms with van der Waals surface area (Å²) in [5.74, 6) is -0.682. The van der Waals surface area contributed by atoms with Crippen molar-refractivity contribution in [2.24, 2.45) is 0 Å². The van der Waals surface area contributed by atoms with E-state index in [0.29, 0.717) is 52.0 Å². The van der Waals surface area contributed by atoms with Crippen LogP contribution >= 0.6 is 0 Å². The number of alkyl halides is 3. The van der Waals surface area contributed by atoms with E-state index in [0.717, 1.165) is 16.0 Å². The Hall–Kier alpha value is -2.66. The number of hydrogen-bond acceptors (Lipinski definition) is 5. The number of piperazine rings is 1. The summed E-state index contributed by atoms with van der Waals surface area (Å²) in [6.45, 7) is 1.06. The summed E-state index contributed by atoms with van der Waals surface area (Å²) >= 11 is 0. The first-order chi connectivity index (χ1) is 15.7. The topological polar surface area (TPSA) is 82.2 Å². The van der Waals surface area contributed by atoms with Crippen molar-refractivity contribution >= 4 is 17.8 Å². The smallest absolute Gasteiger partial charge is 0.372 e. The molecule has 1 unspecified atom stereocenters. The van der Waals surface area contributed by atoms with Gasteiger partial charge in [-0.25, -0.2) is 4.79 Å². The Bertz CT molecular complexity index is 917. The van der Waals surface area contributed by atoms with E-state index in [-0.39, 0.29) is 25.0 Å². The molecule has 180 valence electrons. The number of halogens is 3. The molecular weight excluding hydrogens is 441 g/mol. The zero-order valence-corrected chi connectivity index (χ0v) is 18.2. The molecule has 1 aliphatic carbocycles. The normalized spacial score (nSPS) is 23.4. The van der Waals surface area contributed by atoms with Crippen LogP contribution in [0.1, 0.15) is 24.0 Å². The van der Waals surface area contributed by atoms with Gasteiger partial charge in [0.05, 0.1) is 0 Å². The molecule has 1 aromatic rings. The Morgan fingerprint density at radius 2 is 1.85 bits per heavy atom. The van der Waals surface area contributed by atoms with Gasteiger partial charge in [0.25, 0.3) is 5.91 Å². The molecule has 2 fully saturated rings. The monoisotopic (exact) mass is 468 g/mol. The van der Waals surface area contributed by atoms with Gasteiger partial charge in [-0.2, -0.15) is 13.2 Å². The highest BCUT2D eigenvalue weighted by molar-refractivity contribution is 6.09. The summed E-state index contributed by atoms with van der Waals surface area (Å²) in [6.07, 6.45) is -2.68. The Labute approximate surface area is 189 Å². The number of amides is 4. The van der Waals surface area contributed by atoms with Crippen molar-refractivity contribution in [2.45, 2.75) is 31.0 Å². The van der Waals surface area contributed by atoms with Crippen LogP contribution in [0, 0.1) is 0 Å². The van der Waals surface area contributed by atoms with Crippen LogP contribution in [0.5, 0.6) is 0 Å². The van der Waals surface area contributed by atoms with Crippen LogP contribution in [0.4, 0.5) is 18.0 Å². The fraction of sp³-hybridized carbons (Fsp3) is 0.591. The molecule has 0 bridgehead atoms. The lowest BCUT2D eigenvalue weighted by Gasteiger charge is -2.35. The summed E-state index contributed by atoms with van der Waals surface area (Å²) < 4.78 is 40.9. The number of nitrogens with zero attached hydrogens (tertiary/aromatic N) is 3. The predicted octanol–water partition coefficient (Wildman–Crippen LogP) is 1.49. The highest BCUT2D eigenvalue weighted by atomic mass is 19.4. The van der Waals surface area contributed by atoms with Gasteiger partial charge in [0.2, 0.25) is 5.91 Å². The number of ether oxygens (including phenoxy) is 1. The molecule has 33 heavy (non-hydrogen) atoms. The number of carbonyl (C=O) groups is 3. The number of benzene rings is 1. The number of hydrogen-bond donors (Lipinski definition) is 1. The Kier molecular flexibility index (Phi) is 6.62. The van der Waals surface area contributed by atoms with Crippen molar-refractivity contribution in [3.63, 3.8) is 0 Å². The third-order valence-corrected chi connectivity index (χ3v) is 6.47. The molecule has 1 aromatic carbocycles. The molecule has 3 aliphatic rings. The van der Waals surface area contributed by atoms with E-state index in [1.807, 2.05) is 24.3 Å². The quantitative estimate of drug-likeness (QED) is 0.485. The van der Waals surface area contributed by atoms with Crippen molar-refractivity contribution in [1.29, 1.82) is 0 Å². The Morgan fingerprint density at radius 1 is 1.12 bits per heavy atom. The molecule has 0 saturated carbocycles. The summed E-state index contributed by atoms with van der Waals surface area (Å²) in [5.41, 5.74) is 0.742. The maximum absolute atomic E-state index is 13.2. The lowest BCUT2D eigenvalue weighted by molar-refractivity contribution is -0.174. The van der Waals surface area contributed by atoms with Crippen molar-refractivity contribution in [3.8, 4) is 0 Å². The minimum Gasteiger partial charge on any atom is -0.372 e. The van der Waals surface area contributed by atoms with Crippen molar-refractivity contribution in [3.05, 3.63) is 35.4 Å². The maximum Gasteiger partial charge on any atom is 0.411 e. The standard InChI is InChI=1S/C22H27F3N4O4/c23-22(24,25)15-33-13-3-8-27-9-11-28(12-10-27)18(30)14-29-19(31)21(26-20(29)32)7-6-16-4-1-2-5-17(16)21/h1-2,4-5H,3,6-15H2,(H,26,32). The van der Waals surface area contributed by atoms with E-state index < -0.39 is 24.4 Å². The van der Waals surface area contributed by atoms with Crippen molar-refractivity contribution in [2.75, 3.05) is 52.5 Å². The van der Waals surface area contributed by atoms with Gasteiger partial charge >= 0.3 is 12.2 Å². The van der Waals surface area contributed by atoms with Gasteiger partial charge in [0, 0.05) is 39.3 Å². The SMILES string of the molecule is O=C(CN1C(=O)NC2(CCc3ccccc32)C1=O)N1CCN(CCCOCC(F)(F)F)CC1. The van der Waals surface area contributed by atoms with Gasteiger partial charge in [-0.05, 0) is 30.4 Å². The third-order valence-electron chi connectivity index (χ3n) is 6.47. The summed E-state index contributed by atoms with van der Waals surface area (Å²) in [7, 11) is 0. The Balaban J connectivity index is 1.24. The van der Waals surface area contributed by atoms with Gasteiger partial charge < -0.3 is 15.0 Å². The predicted molar refractivity (Wildman–Crippen MR) is 111 cm³/mol. The molecule has 8 nitrogen and oxygen atoms in total. The van der Waals surface area contributed by atoms with Crippen molar-refractivity contribution in [1.82, 2.24) is 20.0 Å². The molecule has 1 atom stereocenters. The van der Waals surface area contributed by atoms with Crippen LogP contribution in [0.25, 0.3) is 0 Å². The molecule has 2 saturated heterocycles. The van der Waals surface area contributed by atoms with Crippen LogP contribution in [-0.2, 0) is 26.3 Å². The van der Waals surface area contributed by atoms with Gasteiger partial charge in [0.15, 0.2) is 0 Å². The molecule has 4 rings (SSSR count). The number of carbonyl (C=O) groups excluding carboxylic acids is 3. The van der Waals surface area contributed by atoms with E-state index in [2.05, 4.69) is 15.0 Å². The first kappa shape index (κ1) is 23.5. The molecular formula is C22H27F3N4O4. The number of urea groups is 1. The summed E-state index contributed by atoms with van der Waals surface area (Å²) in [5, 5.41) is 2.82. The van der Waals surface area contributed by atoms with Crippen LogP contribution in [0.2, 0.25) is 0 Å². The molecule has 4 amide bonds. The van der Waals surface area contributed by atoms with E-state index in [9.17, 15) is 27.6 Å². The minimum absolute atomic E-state index is 0.0235. The lowest BCUT2D eigenvalue weighted by atomic mass is 9.92. The van der Waals surface area contributed by atoms with E-state index >= 15 is 0 Å². The molecule has 11 heteroatoms. The maximum atomic E-state index is 13.2. The minimum atomic E-state index is -4.32. The number of rotatable bonds is 7. The average molecular weight is 468 g/mol. The molecule has 0 radical (unpaired) electrons. The Morgan fingerprint density at radius 3 is 2.58 bits per heavy atom. The van der Waals surface area contributed by atoms with Crippen LogP contribution < -0.4 is 5.32 Å². The summed E-state index contributed by atoms with van der Waals surface area (Å²) in [6, 6.07) is 6.97. The average Bonchev–Trinajstić information content (AvgIpc) is 3.26. The highest BCUT2D eigenvalue weighted by Gasteiger charge is 2.55. The summed E-state index contributed by atoms with van der Waals surface area (Å²) in [4.78, 5) is 43.3. The molecule has 0 aromatic heterocycles. The number of fused-ring (bicyclic) bond motifs is 2. The molecule has 1 spiro atoms. The second kappa shape index (κ2) is 9.30. The van der Waals surface area contributed by atoms with Crippen LogP contribution in [0.3, 0.4) is 0 Å². The first-order valence-corrected chi connectivity index (χ1v) is 11.1. The van der Waals surface area contributed by atoms with E-state index in [1.54, 1.807) is 4.90 Å². The van der Waals surface area contributed by atoms with E-state index in [4.69, 9.17) is 0 Å². The number of nitrogens with one attached hydrogen (secondary N) is 1. The second-order valence-corrected chi connectivity index (χ2v) is 8.63. The van der Waals surface area contributed by atoms with Gasteiger partial charge in [-0.15, -0.1) is 0 Å². The third kappa shape index (κ3) is 4.98.